The molecule has 1 saturated heterocycles. The second-order valence-corrected chi connectivity index (χ2v) is 5.11. The van der Waals surface area contributed by atoms with Crippen molar-refractivity contribution in [3.63, 3.8) is 0 Å². The second-order valence-electron chi connectivity index (χ2n) is 5.11. The molecule has 1 heterocycles. The minimum atomic E-state index is 0.0364. The van der Waals surface area contributed by atoms with Crippen molar-refractivity contribution in [2.24, 2.45) is 0 Å². The van der Waals surface area contributed by atoms with Gasteiger partial charge in [-0.1, -0.05) is 17.7 Å². The van der Waals surface area contributed by atoms with Crippen LogP contribution in [0.2, 0.25) is 0 Å². The van der Waals surface area contributed by atoms with Gasteiger partial charge in [0.15, 0.2) is 6.61 Å². The molecule has 4 nitrogen and oxygen atoms in total. The maximum absolute atomic E-state index is 12.1. The molecule has 1 fully saturated rings. The fourth-order valence-electron chi connectivity index (χ4n) is 2.25. The molecule has 0 saturated carbocycles. The predicted molar refractivity (Wildman–Crippen MR) is 75.3 cm³/mol. The summed E-state index contributed by atoms with van der Waals surface area (Å²) >= 11 is 0. The van der Waals surface area contributed by atoms with Crippen molar-refractivity contribution in [3.8, 4) is 5.75 Å². The summed E-state index contributed by atoms with van der Waals surface area (Å²) in [5.74, 6) is 0.781. The van der Waals surface area contributed by atoms with Gasteiger partial charge in [-0.05, 0) is 38.4 Å². The van der Waals surface area contributed by atoms with Crippen molar-refractivity contribution in [2.75, 3.05) is 26.7 Å². The molecule has 0 aliphatic carbocycles. The van der Waals surface area contributed by atoms with Crippen molar-refractivity contribution in [1.29, 1.82) is 0 Å². The number of amides is 1. The van der Waals surface area contributed by atoms with Crippen LogP contribution in [0.25, 0.3) is 0 Å². The molecule has 1 atom stereocenters. The molecule has 0 spiro atoms. The average molecular weight is 262 g/mol. The number of nitrogens with one attached hydrogen (secondary N) is 1. The highest BCUT2D eigenvalue weighted by atomic mass is 16.5. The molecular weight excluding hydrogens is 240 g/mol. The summed E-state index contributed by atoms with van der Waals surface area (Å²) in [4.78, 5) is 13.9. The quantitative estimate of drug-likeness (QED) is 0.896. The lowest BCUT2D eigenvalue weighted by Gasteiger charge is -2.31. The van der Waals surface area contributed by atoms with Gasteiger partial charge < -0.3 is 15.0 Å². The molecule has 1 N–H and O–H groups in total. The van der Waals surface area contributed by atoms with E-state index in [0.29, 0.717) is 6.04 Å². The van der Waals surface area contributed by atoms with Crippen LogP contribution in [-0.2, 0) is 4.79 Å². The highest BCUT2D eigenvalue weighted by Crippen LogP contribution is 2.12. The number of carbonyl (C=O) groups is 1. The highest BCUT2D eigenvalue weighted by molar-refractivity contribution is 5.77. The summed E-state index contributed by atoms with van der Waals surface area (Å²) in [5.41, 5.74) is 1.18. The zero-order chi connectivity index (χ0) is 13.7. The molecular formula is C15H22N2O2. The lowest BCUT2D eigenvalue weighted by atomic mass is 10.1. The third-order valence-corrected chi connectivity index (χ3v) is 3.60. The Morgan fingerprint density at radius 2 is 2.16 bits per heavy atom. The first-order chi connectivity index (χ1) is 9.16. The second kappa shape index (κ2) is 6.57. The van der Waals surface area contributed by atoms with Gasteiger partial charge in [0.05, 0.1) is 0 Å². The van der Waals surface area contributed by atoms with Crippen LogP contribution in [0.4, 0.5) is 0 Å². The number of hydrogen-bond acceptors (Lipinski definition) is 3. The van der Waals surface area contributed by atoms with Crippen molar-refractivity contribution in [2.45, 2.75) is 25.8 Å². The summed E-state index contributed by atoms with van der Waals surface area (Å²) in [7, 11) is 1.86. The Balaban J connectivity index is 1.81. The van der Waals surface area contributed by atoms with Gasteiger partial charge in [-0.3, -0.25) is 4.79 Å². The Labute approximate surface area is 114 Å². The minimum Gasteiger partial charge on any atom is -0.484 e. The van der Waals surface area contributed by atoms with E-state index in [4.69, 9.17) is 4.74 Å². The third kappa shape index (κ3) is 3.96. The lowest BCUT2D eigenvalue weighted by molar-refractivity contribution is -0.134. The number of benzene rings is 1. The molecule has 104 valence electrons. The smallest absolute Gasteiger partial charge is 0.260 e. The Kier molecular flexibility index (Phi) is 4.80. The van der Waals surface area contributed by atoms with Gasteiger partial charge >= 0.3 is 0 Å². The monoisotopic (exact) mass is 262 g/mol. The molecule has 0 bridgehead atoms. The van der Waals surface area contributed by atoms with Crippen LogP contribution in [0.15, 0.2) is 24.3 Å². The predicted octanol–water partition coefficient (Wildman–Crippen LogP) is 1.58. The lowest BCUT2D eigenvalue weighted by Crippen LogP contribution is -2.48. The minimum absolute atomic E-state index is 0.0364. The highest BCUT2D eigenvalue weighted by Gasteiger charge is 2.21. The van der Waals surface area contributed by atoms with Crippen molar-refractivity contribution >= 4 is 5.91 Å². The van der Waals surface area contributed by atoms with Crippen LogP contribution in [0.1, 0.15) is 18.4 Å². The molecule has 1 aromatic rings. The van der Waals surface area contributed by atoms with E-state index < -0.39 is 0 Å². The molecule has 1 unspecified atom stereocenters. The van der Waals surface area contributed by atoms with Crippen LogP contribution in [0.3, 0.4) is 0 Å². The van der Waals surface area contributed by atoms with E-state index >= 15 is 0 Å². The summed E-state index contributed by atoms with van der Waals surface area (Å²) in [6.07, 6.45) is 2.20. The molecule has 1 aromatic carbocycles. The van der Waals surface area contributed by atoms with E-state index in [0.717, 1.165) is 31.7 Å². The van der Waals surface area contributed by atoms with Crippen LogP contribution in [-0.4, -0.2) is 43.6 Å². The maximum Gasteiger partial charge on any atom is 0.260 e. The summed E-state index contributed by atoms with van der Waals surface area (Å²) < 4.78 is 5.52. The Bertz CT molecular complexity index is 411. The summed E-state index contributed by atoms with van der Waals surface area (Å²) in [6.45, 7) is 4.07. The van der Waals surface area contributed by atoms with Crippen LogP contribution in [0, 0.1) is 6.92 Å². The van der Waals surface area contributed by atoms with Crippen LogP contribution in [0.5, 0.6) is 5.75 Å². The fourth-order valence-corrected chi connectivity index (χ4v) is 2.25. The average Bonchev–Trinajstić information content (AvgIpc) is 2.46. The van der Waals surface area contributed by atoms with Gasteiger partial charge in [0, 0.05) is 19.6 Å². The number of piperidine rings is 1. The molecule has 1 amide bonds. The number of hydrogen-bond donors (Lipinski definition) is 1. The Hall–Kier alpha value is -1.55. The number of carbonyl (C=O) groups excluding carboxylic acids is 1. The van der Waals surface area contributed by atoms with Gasteiger partial charge in [-0.15, -0.1) is 0 Å². The molecule has 0 aromatic heterocycles. The van der Waals surface area contributed by atoms with Gasteiger partial charge in [0.1, 0.15) is 5.75 Å². The number of aryl methyl sites for hydroxylation is 1. The first-order valence-corrected chi connectivity index (χ1v) is 6.82. The standard InChI is InChI=1S/C15H22N2O2/c1-12-5-7-14(8-6-12)19-11-15(18)17(2)13-4-3-9-16-10-13/h5-8,13,16H,3-4,9-11H2,1-2H3. The van der Waals surface area contributed by atoms with E-state index in [2.05, 4.69) is 5.32 Å². The van der Waals surface area contributed by atoms with Gasteiger partial charge in [-0.2, -0.15) is 0 Å². The van der Waals surface area contributed by atoms with Crippen LogP contribution < -0.4 is 10.1 Å². The number of nitrogens with zero attached hydrogens (tertiary/aromatic N) is 1. The van der Waals surface area contributed by atoms with Gasteiger partial charge in [0.25, 0.3) is 5.91 Å². The number of ether oxygens (including phenoxy) is 1. The van der Waals surface area contributed by atoms with Gasteiger partial charge in [-0.25, -0.2) is 0 Å². The third-order valence-electron chi connectivity index (χ3n) is 3.60. The van der Waals surface area contributed by atoms with Gasteiger partial charge in [0.2, 0.25) is 0 Å². The van der Waals surface area contributed by atoms with Crippen molar-refractivity contribution in [1.82, 2.24) is 10.2 Å². The molecule has 1 aliphatic rings. The van der Waals surface area contributed by atoms with Crippen molar-refractivity contribution in [3.05, 3.63) is 29.8 Å². The first-order valence-electron chi connectivity index (χ1n) is 6.82. The van der Waals surface area contributed by atoms with E-state index in [-0.39, 0.29) is 12.5 Å². The molecule has 1 aliphatic heterocycles. The molecule has 19 heavy (non-hydrogen) atoms. The van der Waals surface area contributed by atoms with Crippen molar-refractivity contribution < 1.29 is 9.53 Å². The molecule has 2 rings (SSSR count). The molecule has 0 radical (unpaired) electrons. The van der Waals surface area contributed by atoms with Crippen LogP contribution >= 0.6 is 0 Å². The number of likely N-dealkylation sites (N-methyl/N-ethyl adjacent to an activating group) is 1. The Morgan fingerprint density at radius 1 is 1.42 bits per heavy atom. The summed E-state index contributed by atoms with van der Waals surface area (Å²) in [6, 6.07) is 8.04. The zero-order valence-electron chi connectivity index (χ0n) is 11.7. The topological polar surface area (TPSA) is 41.6 Å². The largest absolute Gasteiger partial charge is 0.484 e. The maximum atomic E-state index is 12.1. The molecule has 4 heteroatoms. The van der Waals surface area contributed by atoms with E-state index in [9.17, 15) is 4.79 Å². The van der Waals surface area contributed by atoms with E-state index in [1.54, 1.807) is 4.90 Å². The fraction of sp³-hybridized carbons (Fsp3) is 0.533. The normalized spacial score (nSPS) is 18.9. The summed E-state index contributed by atoms with van der Waals surface area (Å²) in [5, 5.41) is 3.32. The van der Waals surface area contributed by atoms with E-state index in [1.165, 1.54) is 5.56 Å². The van der Waals surface area contributed by atoms with E-state index in [1.807, 2.05) is 38.2 Å². The number of rotatable bonds is 4. The Morgan fingerprint density at radius 3 is 2.79 bits per heavy atom. The first kappa shape index (κ1) is 13.9. The zero-order valence-corrected chi connectivity index (χ0v) is 11.7. The SMILES string of the molecule is Cc1ccc(OCC(=O)N(C)C2CCCNC2)cc1.